The minimum Gasteiger partial charge on any atom is -0.297 e. The molecule has 102 valence electrons. The van der Waals surface area contributed by atoms with Crippen LogP contribution in [-0.4, -0.2) is 24.0 Å². The third-order valence-electron chi connectivity index (χ3n) is 5.12. The Kier molecular flexibility index (Phi) is 2.89. The van der Waals surface area contributed by atoms with E-state index in [0.29, 0.717) is 6.04 Å². The predicted molar refractivity (Wildman–Crippen MR) is 84.9 cm³/mol. The molecule has 0 aliphatic carbocycles. The first kappa shape index (κ1) is 12.2. The molecule has 0 aromatic heterocycles. The van der Waals surface area contributed by atoms with Gasteiger partial charge < -0.3 is 0 Å². The molecule has 0 spiro atoms. The summed E-state index contributed by atoms with van der Waals surface area (Å²) in [7, 11) is 2.29. The summed E-state index contributed by atoms with van der Waals surface area (Å²) in [6, 6.07) is 16.9. The molecule has 2 aromatic rings. The maximum absolute atomic E-state index is 2.56. The van der Waals surface area contributed by atoms with Gasteiger partial charge in [-0.15, -0.1) is 0 Å². The van der Waals surface area contributed by atoms with Crippen molar-refractivity contribution in [3.63, 3.8) is 0 Å². The molecule has 2 aliphatic rings. The summed E-state index contributed by atoms with van der Waals surface area (Å²) in [5, 5.41) is 2.78. The van der Waals surface area contributed by atoms with E-state index in [-0.39, 0.29) is 0 Å². The van der Waals surface area contributed by atoms with Crippen molar-refractivity contribution in [3.05, 3.63) is 59.7 Å². The van der Waals surface area contributed by atoms with Gasteiger partial charge in [0, 0.05) is 12.1 Å². The highest BCUT2D eigenvalue weighted by molar-refractivity contribution is 5.85. The Morgan fingerprint density at radius 2 is 1.90 bits per heavy atom. The third kappa shape index (κ3) is 1.97. The molecule has 2 atom stereocenters. The normalized spacial score (nSPS) is 25.9. The summed E-state index contributed by atoms with van der Waals surface area (Å²) in [5.74, 6) is 0. The van der Waals surface area contributed by atoms with Gasteiger partial charge in [0.25, 0.3) is 0 Å². The molecule has 0 radical (unpaired) electrons. The smallest absolute Gasteiger partial charge is 0.0281 e. The van der Waals surface area contributed by atoms with Crippen LogP contribution in [0.1, 0.15) is 24.8 Å². The number of rotatable bonds is 2. The van der Waals surface area contributed by atoms with Gasteiger partial charge in [-0.25, -0.2) is 0 Å². The van der Waals surface area contributed by atoms with Crippen LogP contribution in [0.2, 0.25) is 0 Å². The summed E-state index contributed by atoms with van der Waals surface area (Å²) < 4.78 is 0. The molecule has 0 amide bonds. The number of nitrogens with zero attached hydrogens (tertiary/aromatic N) is 1. The van der Waals surface area contributed by atoms with E-state index >= 15 is 0 Å². The van der Waals surface area contributed by atoms with Gasteiger partial charge in [0.15, 0.2) is 0 Å². The average Bonchev–Trinajstić information content (AvgIpc) is 2.70. The van der Waals surface area contributed by atoms with Crippen LogP contribution in [-0.2, 0) is 6.42 Å². The van der Waals surface area contributed by atoms with Crippen molar-refractivity contribution in [2.24, 2.45) is 0 Å². The lowest BCUT2D eigenvalue weighted by Crippen LogP contribution is -2.35. The van der Waals surface area contributed by atoms with Crippen molar-refractivity contribution >= 4 is 10.8 Å². The molecule has 20 heavy (non-hydrogen) atoms. The second kappa shape index (κ2) is 4.75. The van der Waals surface area contributed by atoms with E-state index in [9.17, 15) is 0 Å². The molecule has 0 saturated carbocycles. The largest absolute Gasteiger partial charge is 0.297 e. The van der Waals surface area contributed by atoms with Crippen molar-refractivity contribution in [3.8, 4) is 0 Å². The van der Waals surface area contributed by atoms with Crippen LogP contribution in [0.25, 0.3) is 10.8 Å². The Labute approximate surface area is 120 Å². The highest BCUT2D eigenvalue weighted by Gasteiger charge is 2.33. The van der Waals surface area contributed by atoms with E-state index in [1.807, 2.05) is 0 Å². The van der Waals surface area contributed by atoms with Crippen LogP contribution in [0.5, 0.6) is 0 Å². The fourth-order valence-electron chi connectivity index (χ4n) is 3.95. The Hall–Kier alpha value is -1.60. The van der Waals surface area contributed by atoms with Crippen molar-refractivity contribution in [2.75, 3.05) is 7.05 Å². The highest BCUT2D eigenvalue weighted by atomic mass is 15.2. The minimum atomic E-state index is 0.693. The first-order valence-corrected chi connectivity index (χ1v) is 7.69. The quantitative estimate of drug-likeness (QED) is 0.735. The zero-order valence-electron chi connectivity index (χ0n) is 12.0. The lowest BCUT2D eigenvalue weighted by Gasteiger charge is -2.30. The summed E-state index contributed by atoms with van der Waals surface area (Å²) >= 11 is 0. The Bertz CT molecular complexity index is 665. The molecule has 2 heterocycles. The third-order valence-corrected chi connectivity index (χ3v) is 5.12. The van der Waals surface area contributed by atoms with Crippen molar-refractivity contribution < 1.29 is 0 Å². The van der Waals surface area contributed by atoms with E-state index in [0.717, 1.165) is 12.5 Å². The van der Waals surface area contributed by atoms with Crippen LogP contribution >= 0.6 is 0 Å². The topological polar surface area (TPSA) is 3.24 Å². The summed E-state index contributed by atoms with van der Waals surface area (Å²) in [6.07, 6.45) is 7.64. The number of fused-ring (bicyclic) bond motifs is 3. The van der Waals surface area contributed by atoms with Crippen LogP contribution in [0, 0.1) is 0 Å². The molecule has 2 bridgehead atoms. The highest BCUT2D eigenvalue weighted by Crippen LogP contribution is 2.35. The number of benzene rings is 2. The van der Waals surface area contributed by atoms with Crippen molar-refractivity contribution in [1.29, 1.82) is 0 Å². The van der Waals surface area contributed by atoms with E-state index in [4.69, 9.17) is 0 Å². The number of hydrogen-bond donors (Lipinski definition) is 0. The van der Waals surface area contributed by atoms with Gasteiger partial charge in [-0.2, -0.15) is 0 Å². The van der Waals surface area contributed by atoms with Crippen LogP contribution < -0.4 is 0 Å². The molecule has 2 aliphatic heterocycles. The fourth-order valence-corrected chi connectivity index (χ4v) is 3.95. The average molecular weight is 263 g/mol. The first-order valence-electron chi connectivity index (χ1n) is 7.69. The van der Waals surface area contributed by atoms with Gasteiger partial charge in [-0.1, -0.05) is 54.1 Å². The van der Waals surface area contributed by atoms with Crippen LogP contribution in [0.15, 0.2) is 54.1 Å². The first-order chi connectivity index (χ1) is 9.81. The molecule has 1 fully saturated rings. The standard InChI is InChI=1S/C19H21N/c1-20-17-9-10-18(20)13-14(12-17)11-16-7-4-6-15-5-2-3-8-19(15)16/h2-8,12,17-18H,9-11,13H2,1H3. The second-order valence-electron chi connectivity index (χ2n) is 6.31. The van der Waals surface area contributed by atoms with E-state index < -0.39 is 0 Å². The maximum atomic E-state index is 2.56. The predicted octanol–water partition coefficient (Wildman–Crippen LogP) is 4.18. The van der Waals surface area contributed by atoms with Gasteiger partial charge in [0.05, 0.1) is 0 Å². The SMILES string of the molecule is CN1C2C=C(Cc3cccc4ccccc34)CC1CC2. The molecule has 2 unspecified atom stereocenters. The molecule has 4 rings (SSSR count). The van der Waals surface area contributed by atoms with Crippen molar-refractivity contribution in [2.45, 2.75) is 37.8 Å². The molecule has 0 N–H and O–H groups in total. The van der Waals surface area contributed by atoms with E-state index in [1.165, 1.54) is 35.6 Å². The van der Waals surface area contributed by atoms with Gasteiger partial charge in [-0.05, 0) is 49.1 Å². The van der Waals surface area contributed by atoms with Crippen LogP contribution in [0.3, 0.4) is 0 Å². The molecule has 1 heteroatoms. The van der Waals surface area contributed by atoms with Gasteiger partial charge in [0.1, 0.15) is 0 Å². The van der Waals surface area contributed by atoms with Crippen LogP contribution in [0.4, 0.5) is 0 Å². The van der Waals surface area contributed by atoms with E-state index in [2.05, 4.69) is 60.5 Å². The van der Waals surface area contributed by atoms with Gasteiger partial charge in [0.2, 0.25) is 0 Å². The minimum absolute atomic E-state index is 0.693. The van der Waals surface area contributed by atoms with Gasteiger partial charge >= 0.3 is 0 Å². The second-order valence-corrected chi connectivity index (χ2v) is 6.31. The number of likely N-dealkylation sites (N-methyl/N-ethyl adjacent to an activating group) is 1. The molecule has 1 nitrogen and oxygen atoms in total. The monoisotopic (exact) mass is 263 g/mol. The zero-order valence-corrected chi connectivity index (χ0v) is 12.0. The lowest BCUT2D eigenvalue weighted by atomic mass is 9.93. The number of hydrogen-bond acceptors (Lipinski definition) is 1. The molecular weight excluding hydrogens is 242 g/mol. The Morgan fingerprint density at radius 1 is 1.05 bits per heavy atom. The Morgan fingerprint density at radius 3 is 2.80 bits per heavy atom. The molecule has 1 saturated heterocycles. The fraction of sp³-hybridized carbons (Fsp3) is 0.368. The Balaban J connectivity index is 1.67. The summed E-state index contributed by atoms with van der Waals surface area (Å²) in [5.41, 5.74) is 3.13. The van der Waals surface area contributed by atoms with Gasteiger partial charge in [-0.3, -0.25) is 4.90 Å². The molecular formula is C19H21N. The summed E-state index contributed by atoms with van der Waals surface area (Å²) in [6.45, 7) is 0. The summed E-state index contributed by atoms with van der Waals surface area (Å²) in [4.78, 5) is 2.56. The lowest BCUT2D eigenvalue weighted by molar-refractivity contribution is 0.253. The van der Waals surface area contributed by atoms with E-state index in [1.54, 1.807) is 5.57 Å². The molecule has 2 aromatic carbocycles. The van der Waals surface area contributed by atoms with Crippen molar-refractivity contribution in [1.82, 2.24) is 4.90 Å². The maximum Gasteiger partial charge on any atom is 0.0281 e. The zero-order chi connectivity index (χ0) is 13.5.